The van der Waals surface area contributed by atoms with Crippen LogP contribution in [0.4, 0.5) is 0 Å². The summed E-state index contributed by atoms with van der Waals surface area (Å²) in [6.07, 6.45) is 0.559. The lowest BCUT2D eigenvalue weighted by Crippen LogP contribution is -2.36. The van der Waals surface area contributed by atoms with Gasteiger partial charge in [0.2, 0.25) is 0 Å². The zero-order chi connectivity index (χ0) is 19.3. The minimum atomic E-state index is -0.853. The Morgan fingerprint density at radius 1 is 1.30 bits per heavy atom. The molecule has 11 heteroatoms. The van der Waals surface area contributed by atoms with E-state index in [1.807, 2.05) is 0 Å². The Labute approximate surface area is 153 Å². The summed E-state index contributed by atoms with van der Waals surface area (Å²) in [5, 5.41) is 18.5. The number of hydrogen-bond donors (Lipinski definition) is 2. The molecule has 2 N–H and O–H groups in total. The number of nitrogens with zero attached hydrogens (tertiary/aromatic N) is 4. The maximum Gasteiger partial charge on any atom is 0.328 e. The second-order valence-electron chi connectivity index (χ2n) is 7.26. The molecule has 146 valence electrons. The Morgan fingerprint density at radius 2 is 2.07 bits per heavy atom. The van der Waals surface area contributed by atoms with Crippen LogP contribution in [0, 0.1) is 6.92 Å². The summed E-state index contributed by atoms with van der Waals surface area (Å²) in [5.74, 6) is -0.788. The fourth-order valence-electron chi connectivity index (χ4n) is 3.30. The number of aromatic amines is 1. The Kier molecular flexibility index (Phi) is 4.26. The molecule has 11 nitrogen and oxygen atoms in total. The van der Waals surface area contributed by atoms with Gasteiger partial charge in [0.05, 0.1) is 19.3 Å². The molecule has 27 heavy (non-hydrogen) atoms. The number of aliphatic hydroxyl groups is 1. The van der Waals surface area contributed by atoms with Crippen molar-refractivity contribution in [2.45, 2.75) is 64.2 Å². The van der Waals surface area contributed by atoms with E-state index in [0.29, 0.717) is 11.3 Å². The summed E-state index contributed by atoms with van der Waals surface area (Å²) >= 11 is 0. The Hall–Kier alpha value is -2.34. The second-order valence-corrected chi connectivity index (χ2v) is 7.26. The highest BCUT2D eigenvalue weighted by Crippen LogP contribution is 2.37. The molecule has 4 atom stereocenters. The smallest absolute Gasteiger partial charge is 0.328 e. The monoisotopic (exact) mass is 379 g/mol. The van der Waals surface area contributed by atoms with Crippen molar-refractivity contribution in [3.8, 4) is 0 Å². The van der Waals surface area contributed by atoms with Gasteiger partial charge in [0, 0.05) is 11.8 Å². The average molecular weight is 379 g/mol. The molecule has 2 aromatic rings. The molecule has 0 spiro atoms. The number of hydrogen-bond acceptors (Lipinski definition) is 8. The van der Waals surface area contributed by atoms with Gasteiger partial charge < -0.3 is 19.3 Å². The first-order valence-corrected chi connectivity index (χ1v) is 8.60. The zero-order valence-electron chi connectivity index (χ0n) is 15.2. The quantitative estimate of drug-likeness (QED) is 0.671. The SMILES string of the molecule is Cc1cn(Cc2cn(C[C@H]3O[C@@H]4OC(C)(C)O[C@@H]4[C@H]3O)nn2)c(=O)[nH]c1=O. The molecule has 0 aliphatic carbocycles. The maximum atomic E-state index is 11.9. The van der Waals surface area contributed by atoms with E-state index in [9.17, 15) is 14.7 Å². The number of H-pyrrole nitrogens is 1. The van der Waals surface area contributed by atoms with Crippen LogP contribution in [0.5, 0.6) is 0 Å². The van der Waals surface area contributed by atoms with Crippen molar-refractivity contribution >= 4 is 0 Å². The van der Waals surface area contributed by atoms with Crippen molar-refractivity contribution in [2.24, 2.45) is 0 Å². The largest absolute Gasteiger partial charge is 0.387 e. The Balaban J connectivity index is 1.43. The molecule has 2 saturated heterocycles. The third-order valence-corrected chi connectivity index (χ3v) is 4.59. The fourth-order valence-corrected chi connectivity index (χ4v) is 3.30. The molecule has 0 bridgehead atoms. The molecule has 0 saturated carbocycles. The van der Waals surface area contributed by atoms with Crippen molar-refractivity contribution in [2.75, 3.05) is 0 Å². The van der Waals surface area contributed by atoms with Crippen LogP contribution in [0.25, 0.3) is 0 Å². The van der Waals surface area contributed by atoms with Crippen LogP contribution < -0.4 is 11.2 Å². The molecule has 2 fully saturated rings. The molecule has 2 aliphatic heterocycles. The van der Waals surface area contributed by atoms with E-state index in [2.05, 4.69) is 15.3 Å². The topological polar surface area (TPSA) is 133 Å². The lowest BCUT2D eigenvalue weighted by atomic mass is 10.1. The third-order valence-electron chi connectivity index (χ3n) is 4.59. The molecule has 0 aromatic carbocycles. The standard InChI is InChI=1S/C16H21N5O6/c1-8-4-20(15(24)17-13(8)23)5-9-6-21(19-18-9)7-10-11(22)12-14(25-10)27-16(2,3)26-12/h4,6,10-12,14,22H,5,7H2,1-3H3,(H,17,23,24)/t10-,11+,12-,14-/m1/s1. The summed E-state index contributed by atoms with van der Waals surface area (Å²) in [6.45, 7) is 5.57. The van der Waals surface area contributed by atoms with E-state index in [-0.39, 0.29) is 13.1 Å². The second kappa shape index (κ2) is 6.37. The highest BCUT2D eigenvalue weighted by Gasteiger charge is 2.54. The summed E-state index contributed by atoms with van der Waals surface area (Å²) in [7, 11) is 0. The third kappa shape index (κ3) is 3.46. The first kappa shape index (κ1) is 18.0. The van der Waals surface area contributed by atoms with Gasteiger partial charge in [-0.15, -0.1) is 5.10 Å². The molecule has 4 rings (SSSR count). The van der Waals surface area contributed by atoms with Gasteiger partial charge in [0.15, 0.2) is 12.1 Å². The van der Waals surface area contributed by atoms with Gasteiger partial charge in [-0.3, -0.25) is 14.3 Å². The molecular formula is C16H21N5O6. The van der Waals surface area contributed by atoms with E-state index in [1.54, 1.807) is 27.0 Å². The number of aryl methyl sites for hydroxylation is 1. The average Bonchev–Trinajstić information content (AvgIpc) is 3.21. The lowest BCUT2D eigenvalue weighted by molar-refractivity contribution is -0.216. The predicted octanol–water partition coefficient (Wildman–Crippen LogP) is -1.28. The summed E-state index contributed by atoms with van der Waals surface area (Å²) in [5.41, 5.74) is 0.0358. The van der Waals surface area contributed by atoms with Crippen LogP contribution in [0.15, 0.2) is 22.0 Å². The highest BCUT2D eigenvalue weighted by atomic mass is 16.8. The molecule has 0 amide bonds. The normalized spacial score (nSPS) is 29.2. The summed E-state index contributed by atoms with van der Waals surface area (Å²) in [4.78, 5) is 25.5. The van der Waals surface area contributed by atoms with Gasteiger partial charge in [0.1, 0.15) is 24.0 Å². The van der Waals surface area contributed by atoms with Gasteiger partial charge in [-0.1, -0.05) is 5.21 Å². The number of rotatable bonds is 4. The summed E-state index contributed by atoms with van der Waals surface area (Å²) in [6, 6.07) is 0. The van der Waals surface area contributed by atoms with Crippen LogP contribution in [0.3, 0.4) is 0 Å². The number of nitrogens with one attached hydrogen (secondary N) is 1. The van der Waals surface area contributed by atoms with E-state index in [0.717, 1.165) is 0 Å². The molecule has 0 unspecified atom stereocenters. The van der Waals surface area contributed by atoms with Crippen molar-refractivity contribution in [3.05, 3.63) is 44.5 Å². The predicted molar refractivity (Wildman–Crippen MR) is 89.9 cm³/mol. The first-order valence-electron chi connectivity index (χ1n) is 8.60. The minimum absolute atomic E-state index is 0.163. The Bertz CT molecular complexity index is 963. The first-order chi connectivity index (χ1) is 12.7. The van der Waals surface area contributed by atoms with Gasteiger partial charge >= 0.3 is 5.69 Å². The van der Waals surface area contributed by atoms with Crippen molar-refractivity contribution in [1.82, 2.24) is 24.5 Å². The highest BCUT2D eigenvalue weighted by molar-refractivity contribution is 5.03. The number of aliphatic hydroxyl groups excluding tert-OH is 1. The minimum Gasteiger partial charge on any atom is -0.387 e. The van der Waals surface area contributed by atoms with Crippen molar-refractivity contribution < 1.29 is 19.3 Å². The number of ether oxygens (including phenoxy) is 3. The van der Waals surface area contributed by atoms with Gasteiger partial charge in [-0.2, -0.15) is 0 Å². The van der Waals surface area contributed by atoms with Crippen LogP contribution in [-0.4, -0.2) is 60.0 Å². The molecule has 2 aliphatic rings. The molecule has 0 radical (unpaired) electrons. The van der Waals surface area contributed by atoms with Gasteiger partial charge in [0.25, 0.3) is 5.56 Å². The van der Waals surface area contributed by atoms with E-state index < -0.39 is 41.6 Å². The van der Waals surface area contributed by atoms with Gasteiger partial charge in [-0.05, 0) is 20.8 Å². The van der Waals surface area contributed by atoms with Crippen molar-refractivity contribution in [1.29, 1.82) is 0 Å². The summed E-state index contributed by atoms with van der Waals surface area (Å²) < 4.78 is 19.9. The zero-order valence-corrected chi connectivity index (χ0v) is 15.2. The van der Waals surface area contributed by atoms with E-state index in [4.69, 9.17) is 14.2 Å². The molecular weight excluding hydrogens is 358 g/mol. The van der Waals surface area contributed by atoms with E-state index in [1.165, 1.54) is 15.4 Å². The van der Waals surface area contributed by atoms with Crippen molar-refractivity contribution in [3.63, 3.8) is 0 Å². The molecule has 4 heterocycles. The number of aromatic nitrogens is 5. The molecule has 2 aromatic heterocycles. The van der Waals surface area contributed by atoms with Gasteiger partial charge in [-0.25, -0.2) is 9.48 Å². The van der Waals surface area contributed by atoms with Crippen LogP contribution in [0.2, 0.25) is 0 Å². The number of fused-ring (bicyclic) bond motifs is 1. The lowest BCUT2D eigenvalue weighted by Gasteiger charge is -2.22. The fraction of sp³-hybridized carbons (Fsp3) is 0.625. The van der Waals surface area contributed by atoms with E-state index >= 15 is 0 Å². The van der Waals surface area contributed by atoms with Crippen LogP contribution in [0.1, 0.15) is 25.1 Å². The van der Waals surface area contributed by atoms with Crippen LogP contribution in [-0.2, 0) is 27.3 Å². The van der Waals surface area contributed by atoms with Crippen LogP contribution >= 0.6 is 0 Å². The maximum absolute atomic E-state index is 11.9. The Morgan fingerprint density at radius 3 is 2.81 bits per heavy atom.